The molecule has 0 saturated heterocycles. The van der Waals surface area contributed by atoms with Crippen LogP contribution in [0.1, 0.15) is 35.3 Å². The minimum atomic E-state index is 1.00. The second kappa shape index (κ2) is 12.7. The van der Waals surface area contributed by atoms with Crippen molar-refractivity contribution >= 4 is 76.0 Å². The van der Waals surface area contributed by atoms with E-state index in [-0.39, 0.29) is 0 Å². The lowest BCUT2D eigenvalue weighted by Crippen LogP contribution is -2.17. The van der Waals surface area contributed by atoms with Crippen LogP contribution in [0.15, 0.2) is 163 Å². The SMILES string of the molecule is C1=Cc2sc3c(-c4cccc(N(C5=CCCC(c6ccccc6)=C5)c5cccc(-c6cccc7c6sc6ccccc67)c5)c4)cccc3c2CC1. The first-order valence-corrected chi connectivity index (χ1v) is 19.5. The Balaban J connectivity index is 1.13. The van der Waals surface area contributed by atoms with Gasteiger partial charge in [0.05, 0.1) is 0 Å². The number of nitrogens with zero attached hydrogens (tertiary/aromatic N) is 1. The quantitative estimate of drug-likeness (QED) is 0.168. The van der Waals surface area contributed by atoms with Crippen LogP contribution in [0.4, 0.5) is 11.4 Å². The zero-order valence-electron chi connectivity index (χ0n) is 28.2. The van der Waals surface area contributed by atoms with E-state index in [1.807, 2.05) is 22.7 Å². The number of fused-ring (bicyclic) bond motifs is 6. The Morgan fingerprint density at radius 1 is 0.510 bits per heavy atom. The maximum atomic E-state index is 2.47. The zero-order valence-corrected chi connectivity index (χ0v) is 29.8. The van der Waals surface area contributed by atoms with E-state index < -0.39 is 0 Å². The molecule has 0 bridgehead atoms. The molecule has 2 aliphatic rings. The molecule has 0 saturated carbocycles. The van der Waals surface area contributed by atoms with E-state index in [2.05, 4.69) is 169 Å². The van der Waals surface area contributed by atoms with Crippen molar-refractivity contribution in [3.8, 4) is 22.3 Å². The second-order valence-electron chi connectivity index (χ2n) is 13.5. The lowest BCUT2D eigenvalue weighted by Gasteiger charge is -2.30. The van der Waals surface area contributed by atoms with E-state index in [0.717, 1.165) is 31.4 Å². The Bertz CT molecular complexity index is 2700. The molecule has 6 aromatic carbocycles. The molecule has 0 amide bonds. The summed E-state index contributed by atoms with van der Waals surface area (Å²) in [6, 6.07) is 51.6. The van der Waals surface area contributed by atoms with E-state index in [4.69, 9.17) is 0 Å². The summed E-state index contributed by atoms with van der Waals surface area (Å²) >= 11 is 3.83. The molecule has 51 heavy (non-hydrogen) atoms. The molecule has 0 aliphatic heterocycles. The maximum absolute atomic E-state index is 2.47. The van der Waals surface area contributed by atoms with Gasteiger partial charge >= 0.3 is 0 Å². The van der Waals surface area contributed by atoms with Crippen molar-refractivity contribution in [1.29, 1.82) is 0 Å². The molecule has 2 aliphatic carbocycles. The molecule has 0 spiro atoms. The van der Waals surface area contributed by atoms with Crippen LogP contribution in [0.5, 0.6) is 0 Å². The molecule has 10 rings (SSSR count). The van der Waals surface area contributed by atoms with Gasteiger partial charge in [-0.2, -0.15) is 0 Å². The Labute approximate surface area is 306 Å². The van der Waals surface area contributed by atoms with Crippen molar-refractivity contribution in [2.24, 2.45) is 0 Å². The van der Waals surface area contributed by atoms with Crippen molar-refractivity contribution in [1.82, 2.24) is 0 Å². The van der Waals surface area contributed by atoms with Gasteiger partial charge in [0, 0.05) is 46.8 Å². The van der Waals surface area contributed by atoms with Gasteiger partial charge in [0.2, 0.25) is 0 Å². The normalized spacial score (nSPS) is 14.1. The van der Waals surface area contributed by atoms with Gasteiger partial charge in [-0.05, 0) is 113 Å². The first-order chi connectivity index (χ1) is 25.3. The van der Waals surface area contributed by atoms with Crippen molar-refractivity contribution in [3.05, 3.63) is 179 Å². The van der Waals surface area contributed by atoms with Crippen molar-refractivity contribution in [2.45, 2.75) is 25.7 Å². The molecular weight excluding hydrogens is 655 g/mol. The fourth-order valence-corrected chi connectivity index (χ4v) is 10.5. The van der Waals surface area contributed by atoms with Gasteiger partial charge in [-0.25, -0.2) is 0 Å². The van der Waals surface area contributed by atoms with Crippen LogP contribution in [0.2, 0.25) is 0 Å². The summed E-state index contributed by atoms with van der Waals surface area (Å²) in [4.78, 5) is 3.89. The molecule has 0 radical (unpaired) electrons. The standard InChI is InChI=1S/C48H35NS2/c1-2-13-32(14-3-1)33-15-8-18-36(29-33)49(37-19-9-16-34(30-37)39-23-11-25-43-41-21-4-6-27-45(41)50-47(39)43)38-20-10-17-35(31-38)40-24-12-26-44-42-22-5-7-28-46(42)51-48(40)44/h1-4,6-7,9-14,16-21,23-31H,5,8,15,22H2. The van der Waals surface area contributed by atoms with Crippen LogP contribution in [0, 0.1) is 0 Å². The van der Waals surface area contributed by atoms with Crippen LogP contribution < -0.4 is 4.90 Å². The number of thiophene rings is 2. The summed E-state index contributed by atoms with van der Waals surface area (Å²) in [6.07, 6.45) is 13.8. The number of rotatable bonds is 6. The number of benzene rings is 6. The highest BCUT2D eigenvalue weighted by Gasteiger charge is 2.21. The van der Waals surface area contributed by atoms with Crippen LogP contribution in [-0.4, -0.2) is 0 Å². The topological polar surface area (TPSA) is 3.24 Å². The largest absolute Gasteiger partial charge is 0.311 e. The van der Waals surface area contributed by atoms with Gasteiger partial charge < -0.3 is 4.90 Å². The third-order valence-corrected chi connectivity index (χ3v) is 12.9. The second-order valence-corrected chi connectivity index (χ2v) is 15.6. The first kappa shape index (κ1) is 30.4. The summed E-state index contributed by atoms with van der Waals surface area (Å²) in [5.74, 6) is 0. The Kier molecular flexibility index (Phi) is 7.55. The number of hydrogen-bond donors (Lipinski definition) is 0. The molecule has 0 atom stereocenters. The zero-order chi connectivity index (χ0) is 33.7. The Hall–Kier alpha value is -5.48. The van der Waals surface area contributed by atoms with Crippen LogP contribution in [0.3, 0.4) is 0 Å². The molecular formula is C48H35NS2. The van der Waals surface area contributed by atoms with Gasteiger partial charge in [-0.1, -0.05) is 121 Å². The smallest absolute Gasteiger partial charge is 0.0467 e. The van der Waals surface area contributed by atoms with E-state index in [1.165, 1.54) is 85.5 Å². The predicted octanol–water partition coefficient (Wildman–Crippen LogP) is 14.5. The summed E-state index contributed by atoms with van der Waals surface area (Å²) in [7, 11) is 0. The summed E-state index contributed by atoms with van der Waals surface area (Å²) in [6.45, 7) is 0. The molecule has 1 nitrogen and oxygen atoms in total. The lowest BCUT2D eigenvalue weighted by atomic mass is 9.94. The van der Waals surface area contributed by atoms with E-state index in [9.17, 15) is 0 Å². The minimum absolute atomic E-state index is 1.00. The number of anilines is 2. The Morgan fingerprint density at radius 3 is 1.94 bits per heavy atom. The van der Waals surface area contributed by atoms with Crippen molar-refractivity contribution in [3.63, 3.8) is 0 Å². The van der Waals surface area contributed by atoms with E-state index >= 15 is 0 Å². The summed E-state index contributed by atoms with van der Waals surface area (Å²) in [5, 5.41) is 4.07. The maximum Gasteiger partial charge on any atom is 0.0467 e. The minimum Gasteiger partial charge on any atom is -0.311 e. The molecule has 0 fully saturated rings. The summed E-state index contributed by atoms with van der Waals surface area (Å²) < 4.78 is 4.06. The fourth-order valence-electron chi connectivity index (χ4n) is 7.99. The highest BCUT2D eigenvalue weighted by atomic mass is 32.1. The third kappa shape index (κ3) is 5.36. The van der Waals surface area contributed by atoms with Gasteiger partial charge in [-0.3, -0.25) is 0 Å². The molecule has 244 valence electrons. The number of aryl methyl sites for hydroxylation is 1. The molecule has 2 aromatic heterocycles. The van der Waals surface area contributed by atoms with Gasteiger partial charge in [0.15, 0.2) is 0 Å². The van der Waals surface area contributed by atoms with Gasteiger partial charge in [-0.15, -0.1) is 22.7 Å². The van der Waals surface area contributed by atoms with Gasteiger partial charge in [0.1, 0.15) is 0 Å². The van der Waals surface area contributed by atoms with Crippen LogP contribution >= 0.6 is 22.7 Å². The molecule has 0 N–H and O–H groups in total. The van der Waals surface area contributed by atoms with Crippen LogP contribution in [-0.2, 0) is 6.42 Å². The third-order valence-electron chi connectivity index (χ3n) is 10.4. The van der Waals surface area contributed by atoms with Crippen molar-refractivity contribution < 1.29 is 0 Å². The molecule has 8 aromatic rings. The molecule has 3 heteroatoms. The lowest BCUT2D eigenvalue weighted by molar-refractivity contribution is 1.01. The number of allylic oxidation sites excluding steroid dienone is 4. The van der Waals surface area contributed by atoms with Gasteiger partial charge in [0.25, 0.3) is 0 Å². The highest BCUT2D eigenvalue weighted by molar-refractivity contribution is 7.26. The van der Waals surface area contributed by atoms with Crippen LogP contribution in [0.25, 0.3) is 64.2 Å². The average molecular weight is 690 g/mol. The first-order valence-electron chi connectivity index (χ1n) is 17.9. The summed E-state index contributed by atoms with van der Waals surface area (Å²) in [5.41, 5.74) is 12.8. The average Bonchev–Trinajstić information content (AvgIpc) is 3.78. The van der Waals surface area contributed by atoms with E-state index in [1.54, 1.807) is 0 Å². The highest BCUT2D eigenvalue weighted by Crippen LogP contribution is 2.45. The predicted molar refractivity (Wildman–Crippen MR) is 223 cm³/mol. The molecule has 2 heterocycles. The number of hydrogen-bond acceptors (Lipinski definition) is 3. The monoisotopic (exact) mass is 689 g/mol. The Morgan fingerprint density at radius 2 is 1.16 bits per heavy atom. The van der Waals surface area contributed by atoms with E-state index in [0.29, 0.717) is 0 Å². The fraction of sp³-hybridized carbons (Fsp3) is 0.0833. The van der Waals surface area contributed by atoms with Crippen molar-refractivity contribution in [2.75, 3.05) is 4.90 Å². The molecule has 0 unspecified atom stereocenters.